The molecule has 0 saturated heterocycles. The van der Waals surface area contributed by atoms with Gasteiger partial charge in [-0.15, -0.1) is 6.58 Å². The summed E-state index contributed by atoms with van der Waals surface area (Å²) in [7, 11) is 0. The molecular formula is C21H30. The zero-order valence-electron chi connectivity index (χ0n) is 14.4. The van der Waals surface area contributed by atoms with Crippen LogP contribution in [-0.2, 0) is 11.8 Å². The molecule has 0 aliphatic carbocycles. The summed E-state index contributed by atoms with van der Waals surface area (Å²) in [5.74, 6) is 0. The molecule has 1 aromatic rings. The highest BCUT2D eigenvalue weighted by molar-refractivity contribution is 5.37. The molecule has 0 heteroatoms. The smallest absolute Gasteiger partial charge is 0.00662 e. The van der Waals surface area contributed by atoms with Gasteiger partial charge in [0.15, 0.2) is 0 Å². The topological polar surface area (TPSA) is 0 Å². The number of allylic oxidation sites excluding steroid dienone is 5. The predicted molar refractivity (Wildman–Crippen MR) is 95.9 cm³/mol. The minimum Gasteiger partial charge on any atom is -0.103 e. The zero-order valence-corrected chi connectivity index (χ0v) is 14.4. The van der Waals surface area contributed by atoms with Crippen molar-refractivity contribution in [3.05, 3.63) is 71.3 Å². The van der Waals surface area contributed by atoms with E-state index in [0.29, 0.717) is 0 Å². The van der Waals surface area contributed by atoms with Gasteiger partial charge in [0, 0.05) is 0 Å². The molecule has 0 bridgehead atoms. The molecule has 1 aromatic carbocycles. The Bertz CT molecular complexity index is 527. The Morgan fingerprint density at radius 2 is 2.00 bits per heavy atom. The first-order valence-electron chi connectivity index (χ1n) is 7.95. The summed E-state index contributed by atoms with van der Waals surface area (Å²) in [4.78, 5) is 0. The third-order valence-electron chi connectivity index (χ3n) is 4.06. The van der Waals surface area contributed by atoms with Crippen LogP contribution < -0.4 is 0 Å². The van der Waals surface area contributed by atoms with E-state index in [1.54, 1.807) is 0 Å². The van der Waals surface area contributed by atoms with Gasteiger partial charge in [-0.25, -0.2) is 0 Å². The van der Waals surface area contributed by atoms with E-state index in [2.05, 4.69) is 77.6 Å². The summed E-state index contributed by atoms with van der Waals surface area (Å²) in [6, 6.07) is 6.89. The lowest BCUT2D eigenvalue weighted by Crippen LogP contribution is -2.18. The van der Waals surface area contributed by atoms with Gasteiger partial charge in [-0.05, 0) is 55.2 Å². The second-order valence-electron chi connectivity index (χ2n) is 6.47. The molecule has 0 aliphatic rings. The van der Waals surface area contributed by atoms with Crippen LogP contribution in [0.5, 0.6) is 0 Å². The first kappa shape index (κ1) is 17.5. The standard InChI is InChI=1S/C21H30/c1-7-9-10-11-17(3)14-15-21(5,6)20-16-19(8-2)13-12-18(20)4/h7,10-14,16H,1,8-9,15H2,2-6H3/b11-10?,17-14-. The molecule has 0 atom stereocenters. The summed E-state index contributed by atoms with van der Waals surface area (Å²) >= 11 is 0. The van der Waals surface area contributed by atoms with Gasteiger partial charge in [0.2, 0.25) is 0 Å². The van der Waals surface area contributed by atoms with Gasteiger partial charge < -0.3 is 0 Å². The molecule has 0 unspecified atom stereocenters. The van der Waals surface area contributed by atoms with Crippen molar-refractivity contribution < 1.29 is 0 Å². The second kappa shape index (κ2) is 8.02. The molecule has 0 amide bonds. The Morgan fingerprint density at radius 3 is 2.62 bits per heavy atom. The Labute approximate surface area is 131 Å². The maximum absolute atomic E-state index is 3.74. The van der Waals surface area contributed by atoms with Gasteiger partial charge in [0.25, 0.3) is 0 Å². The third kappa shape index (κ3) is 5.38. The Kier molecular flexibility index (Phi) is 6.68. The molecule has 0 nitrogen and oxygen atoms in total. The van der Waals surface area contributed by atoms with E-state index in [0.717, 1.165) is 19.3 Å². The van der Waals surface area contributed by atoms with E-state index >= 15 is 0 Å². The van der Waals surface area contributed by atoms with Crippen LogP contribution >= 0.6 is 0 Å². The normalized spacial score (nSPS) is 12.9. The number of benzene rings is 1. The van der Waals surface area contributed by atoms with E-state index in [-0.39, 0.29) is 5.41 Å². The fraction of sp³-hybridized carbons (Fsp3) is 0.429. The van der Waals surface area contributed by atoms with Crippen LogP contribution in [0, 0.1) is 6.92 Å². The third-order valence-corrected chi connectivity index (χ3v) is 4.06. The van der Waals surface area contributed by atoms with Crippen molar-refractivity contribution in [3.63, 3.8) is 0 Å². The van der Waals surface area contributed by atoms with Crippen LogP contribution in [0.25, 0.3) is 0 Å². The van der Waals surface area contributed by atoms with Crippen LogP contribution in [0.4, 0.5) is 0 Å². The van der Waals surface area contributed by atoms with Gasteiger partial charge in [0.05, 0.1) is 0 Å². The fourth-order valence-corrected chi connectivity index (χ4v) is 2.56. The van der Waals surface area contributed by atoms with Crippen LogP contribution in [0.2, 0.25) is 0 Å². The van der Waals surface area contributed by atoms with Crippen molar-refractivity contribution in [1.82, 2.24) is 0 Å². The van der Waals surface area contributed by atoms with Crippen molar-refractivity contribution in [3.8, 4) is 0 Å². The first-order chi connectivity index (χ1) is 9.90. The Balaban J connectivity index is 2.90. The summed E-state index contributed by atoms with van der Waals surface area (Å²) in [6.07, 6.45) is 11.7. The minimum atomic E-state index is 0.169. The summed E-state index contributed by atoms with van der Waals surface area (Å²) in [5, 5.41) is 0. The maximum atomic E-state index is 3.74. The highest BCUT2D eigenvalue weighted by atomic mass is 14.3. The molecule has 0 fully saturated rings. The van der Waals surface area contributed by atoms with E-state index < -0.39 is 0 Å². The Morgan fingerprint density at radius 1 is 1.29 bits per heavy atom. The zero-order chi connectivity index (χ0) is 15.9. The Hall–Kier alpha value is -1.56. The number of rotatable bonds is 7. The average Bonchev–Trinajstić information content (AvgIpc) is 2.46. The van der Waals surface area contributed by atoms with Crippen LogP contribution in [0.15, 0.2) is 54.7 Å². The van der Waals surface area contributed by atoms with Crippen molar-refractivity contribution in [2.75, 3.05) is 0 Å². The van der Waals surface area contributed by atoms with Gasteiger partial charge in [-0.3, -0.25) is 0 Å². The average molecular weight is 282 g/mol. The molecule has 0 aromatic heterocycles. The number of hydrogen-bond acceptors (Lipinski definition) is 0. The van der Waals surface area contributed by atoms with Gasteiger partial charge >= 0.3 is 0 Å². The number of aryl methyl sites for hydroxylation is 2. The maximum Gasteiger partial charge on any atom is -0.00662 e. The van der Waals surface area contributed by atoms with E-state index in [9.17, 15) is 0 Å². The summed E-state index contributed by atoms with van der Waals surface area (Å²) < 4.78 is 0. The van der Waals surface area contributed by atoms with Crippen molar-refractivity contribution in [2.24, 2.45) is 0 Å². The second-order valence-corrected chi connectivity index (χ2v) is 6.47. The molecule has 0 N–H and O–H groups in total. The van der Waals surface area contributed by atoms with Crippen molar-refractivity contribution >= 4 is 0 Å². The fourth-order valence-electron chi connectivity index (χ4n) is 2.56. The van der Waals surface area contributed by atoms with Gasteiger partial charge in [-0.2, -0.15) is 0 Å². The van der Waals surface area contributed by atoms with Crippen LogP contribution in [0.1, 0.15) is 57.2 Å². The van der Waals surface area contributed by atoms with E-state index in [1.165, 1.54) is 22.3 Å². The SMILES string of the molecule is C=CCC=C/C(C)=C\CC(C)(C)c1cc(CC)ccc1C. The van der Waals surface area contributed by atoms with E-state index in [4.69, 9.17) is 0 Å². The predicted octanol–water partition coefficient (Wildman–Crippen LogP) is 6.30. The monoisotopic (exact) mass is 282 g/mol. The van der Waals surface area contributed by atoms with Gasteiger partial charge in [0.1, 0.15) is 0 Å². The van der Waals surface area contributed by atoms with Crippen LogP contribution in [0.3, 0.4) is 0 Å². The molecule has 0 heterocycles. The lowest BCUT2D eigenvalue weighted by atomic mass is 9.78. The molecule has 1 rings (SSSR count). The highest BCUT2D eigenvalue weighted by Gasteiger charge is 2.21. The first-order valence-corrected chi connectivity index (χ1v) is 7.95. The minimum absolute atomic E-state index is 0.169. The lowest BCUT2D eigenvalue weighted by molar-refractivity contribution is 0.529. The molecule has 21 heavy (non-hydrogen) atoms. The molecule has 0 aliphatic heterocycles. The summed E-state index contributed by atoms with van der Waals surface area (Å²) in [6.45, 7) is 15.0. The van der Waals surface area contributed by atoms with Crippen molar-refractivity contribution in [2.45, 2.75) is 59.3 Å². The molecule has 114 valence electrons. The highest BCUT2D eigenvalue weighted by Crippen LogP contribution is 2.31. The largest absolute Gasteiger partial charge is 0.103 e. The van der Waals surface area contributed by atoms with Gasteiger partial charge in [-0.1, -0.05) is 68.8 Å². The summed E-state index contributed by atoms with van der Waals surface area (Å²) in [5.41, 5.74) is 5.79. The van der Waals surface area contributed by atoms with Crippen LogP contribution in [-0.4, -0.2) is 0 Å². The quantitative estimate of drug-likeness (QED) is 0.406. The molecular weight excluding hydrogens is 252 g/mol. The van der Waals surface area contributed by atoms with E-state index in [1.807, 2.05) is 6.08 Å². The lowest BCUT2D eigenvalue weighted by Gasteiger charge is -2.27. The molecule has 0 spiro atoms. The van der Waals surface area contributed by atoms with Crippen molar-refractivity contribution in [1.29, 1.82) is 0 Å². The molecule has 0 saturated carbocycles. The molecule has 0 radical (unpaired) electrons. The number of hydrogen-bond donors (Lipinski definition) is 0.